The zero-order valence-electron chi connectivity index (χ0n) is 15.6. The zero-order valence-corrected chi connectivity index (χ0v) is 16.4. The Morgan fingerprint density at radius 2 is 1.89 bits per heavy atom. The minimum atomic E-state index is -0.232. The van der Waals surface area contributed by atoms with Crippen LogP contribution in [-0.2, 0) is 11.3 Å². The van der Waals surface area contributed by atoms with Crippen LogP contribution in [0.5, 0.6) is 0 Å². The second-order valence-corrected chi connectivity index (χ2v) is 8.10. The Balaban J connectivity index is 1.37. The number of nitrogens with zero attached hydrogens (tertiary/aromatic N) is 2. The van der Waals surface area contributed by atoms with Crippen LogP contribution < -0.4 is 10.6 Å². The molecule has 0 bridgehead atoms. The van der Waals surface area contributed by atoms with Gasteiger partial charge in [-0.05, 0) is 61.8 Å². The maximum absolute atomic E-state index is 13.0. The largest absolute Gasteiger partial charge is 0.381 e. The number of anilines is 2. The Bertz CT molecular complexity index is 951. The topological polar surface area (TPSA) is 57.3 Å². The highest BCUT2D eigenvalue weighted by Gasteiger charge is 2.15. The van der Waals surface area contributed by atoms with E-state index in [0.717, 1.165) is 34.6 Å². The van der Waals surface area contributed by atoms with E-state index in [-0.39, 0.29) is 11.7 Å². The third kappa shape index (κ3) is 4.85. The van der Waals surface area contributed by atoms with E-state index in [1.165, 1.54) is 42.7 Å². The van der Waals surface area contributed by atoms with Gasteiger partial charge in [-0.15, -0.1) is 0 Å². The van der Waals surface area contributed by atoms with Crippen LogP contribution in [-0.4, -0.2) is 35.4 Å². The Hall–Kier alpha value is -2.51. The van der Waals surface area contributed by atoms with Crippen molar-refractivity contribution in [1.82, 2.24) is 9.88 Å². The quantitative estimate of drug-likeness (QED) is 0.643. The Kier molecular flexibility index (Phi) is 5.83. The minimum Gasteiger partial charge on any atom is -0.381 e. The molecule has 1 amide bonds. The number of thiazole rings is 1. The summed E-state index contributed by atoms with van der Waals surface area (Å²) in [6.07, 6.45) is 3.59. The lowest BCUT2D eigenvalue weighted by Crippen LogP contribution is -2.36. The predicted molar refractivity (Wildman–Crippen MR) is 112 cm³/mol. The monoisotopic (exact) mass is 398 g/mol. The van der Waals surface area contributed by atoms with E-state index in [4.69, 9.17) is 0 Å². The standard InChI is InChI=1S/C21H23FN4OS/c22-16-6-4-15(5-7-16)13-23-17-8-9-18-19(12-17)28-21(24-18)25-20(27)14-26-10-2-1-3-11-26/h4-9,12,23H,1-3,10-11,13-14H2,(H,24,25,27). The number of halogens is 1. The number of amides is 1. The average molecular weight is 399 g/mol. The van der Waals surface area contributed by atoms with Gasteiger partial charge in [0.1, 0.15) is 5.82 Å². The molecule has 2 aromatic carbocycles. The van der Waals surface area contributed by atoms with Gasteiger partial charge in [0.05, 0.1) is 16.8 Å². The molecule has 0 atom stereocenters. The van der Waals surface area contributed by atoms with Crippen LogP contribution in [0, 0.1) is 5.82 Å². The summed E-state index contributed by atoms with van der Waals surface area (Å²) in [4.78, 5) is 19.0. The van der Waals surface area contributed by atoms with E-state index >= 15 is 0 Å². The summed E-state index contributed by atoms with van der Waals surface area (Å²) in [7, 11) is 0. The van der Waals surface area contributed by atoms with Gasteiger partial charge in [-0.25, -0.2) is 9.37 Å². The molecule has 0 spiro atoms. The summed E-state index contributed by atoms with van der Waals surface area (Å²) in [5, 5.41) is 6.90. The van der Waals surface area contributed by atoms with Gasteiger partial charge in [-0.3, -0.25) is 9.69 Å². The van der Waals surface area contributed by atoms with Crippen LogP contribution in [0.25, 0.3) is 10.2 Å². The number of piperidine rings is 1. The summed E-state index contributed by atoms with van der Waals surface area (Å²) in [6, 6.07) is 12.4. The molecule has 1 fully saturated rings. The molecule has 1 aliphatic rings. The van der Waals surface area contributed by atoms with Crippen molar-refractivity contribution in [2.24, 2.45) is 0 Å². The Morgan fingerprint density at radius 1 is 1.11 bits per heavy atom. The number of benzene rings is 2. The van der Waals surface area contributed by atoms with Gasteiger partial charge in [0.2, 0.25) is 5.91 Å². The van der Waals surface area contributed by atoms with Gasteiger partial charge in [0.15, 0.2) is 5.13 Å². The van der Waals surface area contributed by atoms with Crippen molar-refractivity contribution < 1.29 is 9.18 Å². The first-order valence-corrected chi connectivity index (χ1v) is 10.4. The fourth-order valence-corrected chi connectivity index (χ4v) is 4.30. The molecule has 7 heteroatoms. The van der Waals surface area contributed by atoms with E-state index in [1.807, 2.05) is 18.2 Å². The van der Waals surface area contributed by atoms with E-state index in [1.54, 1.807) is 12.1 Å². The summed E-state index contributed by atoms with van der Waals surface area (Å²) >= 11 is 1.47. The minimum absolute atomic E-state index is 0.00406. The highest BCUT2D eigenvalue weighted by molar-refractivity contribution is 7.22. The maximum atomic E-state index is 13.0. The van der Waals surface area contributed by atoms with E-state index < -0.39 is 0 Å². The van der Waals surface area contributed by atoms with Crippen LogP contribution in [0.1, 0.15) is 24.8 Å². The highest BCUT2D eigenvalue weighted by atomic mass is 32.1. The van der Waals surface area contributed by atoms with Gasteiger partial charge < -0.3 is 10.6 Å². The number of carbonyl (C=O) groups is 1. The van der Waals surface area contributed by atoms with Crippen molar-refractivity contribution in [2.45, 2.75) is 25.8 Å². The lowest BCUT2D eigenvalue weighted by molar-refractivity contribution is -0.117. The van der Waals surface area contributed by atoms with Gasteiger partial charge in [-0.1, -0.05) is 29.9 Å². The van der Waals surface area contributed by atoms with E-state index in [9.17, 15) is 9.18 Å². The number of carbonyl (C=O) groups excluding carboxylic acids is 1. The molecular weight excluding hydrogens is 375 g/mol. The molecule has 28 heavy (non-hydrogen) atoms. The summed E-state index contributed by atoms with van der Waals surface area (Å²) < 4.78 is 14.0. The van der Waals surface area contributed by atoms with Crippen LogP contribution in [0.3, 0.4) is 0 Å². The number of nitrogens with one attached hydrogen (secondary N) is 2. The number of fused-ring (bicyclic) bond motifs is 1. The molecule has 2 heterocycles. The van der Waals surface area contributed by atoms with Gasteiger partial charge in [0.25, 0.3) is 0 Å². The van der Waals surface area contributed by atoms with Crippen LogP contribution in [0.4, 0.5) is 15.2 Å². The molecule has 5 nitrogen and oxygen atoms in total. The highest BCUT2D eigenvalue weighted by Crippen LogP contribution is 2.28. The smallest absolute Gasteiger partial charge is 0.240 e. The molecular formula is C21H23FN4OS. The van der Waals surface area contributed by atoms with E-state index in [0.29, 0.717) is 18.2 Å². The SMILES string of the molecule is O=C(CN1CCCCC1)Nc1nc2ccc(NCc3ccc(F)cc3)cc2s1. The second-order valence-electron chi connectivity index (χ2n) is 7.07. The molecule has 146 valence electrons. The van der Waals surface area contributed by atoms with Crippen LogP contribution >= 0.6 is 11.3 Å². The first-order chi connectivity index (χ1) is 13.7. The molecule has 0 aliphatic carbocycles. The Morgan fingerprint density at radius 3 is 2.68 bits per heavy atom. The predicted octanol–water partition coefficient (Wildman–Crippen LogP) is 4.47. The second kappa shape index (κ2) is 8.67. The van der Waals surface area contributed by atoms with Gasteiger partial charge in [-0.2, -0.15) is 0 Å². The number of rotatable bonds is 6. The summed E-state index contributed by atoms with van der Waals surface area (Å²) in [5.41, 5.74) is 2.84. The Labute approximate surface area is 167 Å². The fraction of sp³-hybridized carbons (Fsp3) is 0.333. The van der Waals surface area contributed by atoms with Crippen LogP contribution in [0.2, 0.25) is 0 Å². The van der Waals surface area contributed by atoms with Crippen molar-refractivity contribution >= 4 is 38.3 Å². The first kappa shape index (κ1) is 18.8. The lowest BCUT2D eigenvalue weighted by atomic mass is 10.1. The van der Waals surface area contributed by atoms with Gasteiger partial charge in [0, 0.05) is 12.2 Å². The molecule has 1 aliphatic heterocycles. The third-order valence-corrected chi connectivity index (χ3v) is 5.79. The molecule has 3 aromatic rings. The number of hydrogen-bond acceptors (Lipinski definition) is 5. The van der Waals surface area contributed by atoms with Crippen molar-refractivity contribution in [3.63, 3.8) is 0 Å². The third-order valence-electron chi connectivity index (χ3n) is 4.86. The summed E-state index contributed by atoms with van der Waals surface area (Å²) in [5.74, 6) is -0.236. The first-order valence-electron chi connectivity index (χ1n) is 9.57. The molecule has 0 radical (unpaired) electrons. The van der Waals surface area contributed by atoms with Gasteiger partial charge >= 0.3 is 0 Å². The molecule has 1 saturated heterocycles. The molecule has 1 aromatic heterocycles. The van der Waals surface area contributed by atoms with E-state index in [2.05, 4.69) is 20.5 Å². The fourth-order valence-electron chi connectivity index (χ4n) is 3.37. The van der Waals surface area contributed by atoms with Crippen molar-refractivity contribution in [1.29, 1.82) is 0 Å². The van der Waals surface area contributed by atoms with Crippen LogP contribution in [0.15, 0.2) is 42.5 Å². The van der Waals surface area contributed by atoms with Crippen molar-refractivity contribution in [3.05, 3.63) is 53.8 Å². The molecule has 0 unspecified atom stereocenters. The number of likely N-dealkylation sites (tertiary alicyclic amines) is 1. The molecule has 4 rings (SSSR count). The van der Waals surface area contributed by atoms with Crippen molar-refractivity contribution in [3.8, 4) is 0 Å². The zero-order chi connectivity index (χ0) is 19.3. The molecule has 2 N–H and O–H groups in total. The summed E-state index contributed by atoms with van der Waals surface area (Å²) in [6.45, 7) is 3.04. The molecule has 0 saturated carbocycles. The number of aromatic nitrogens is 1. The maximum Gasteiger partial charge on any atom is 0.240 e. The average Bonchev–Trinajstić information content (AvgIpc) is 3.09. The lowest BCUT2D eigenvalue weighted by Gasteiger charge is -2.25. The number of hydrogen-bond donors (Lipinski definition) is 2. The normalized spacial score (nSPS) is 14.9. The van der Waals surface area contributed by atoms with Crippen molar-refractivity contribution in [2.75, 3.05) is 30.3 Å².